The number of thiophene rings is 1. The average molecular weight is 424 g/mol. The number of rotatable bonds is 9. The third-order valence-electron chi connectivity index (χ3n) is 5.24. The van der Waals surface area contributed by atoms with E-state index in [2.05, 4.69) is 19.2 Å². The number of carbonyl (C=O) groups excluding carboxylic acids is 1. The Bertz CT molecular complexity index is 887. The van der Waals surface area contributed by atoms with Gasteiger partial charge in [-0.05, 0) is 44.1 Å². The molecule has 8 heteroatoms. The van der Waals surface area contributed by atoms with Crippen molar-refractivity contribution < 1.29 is 9.53 Å². The Morgan fingerprint density at radius 3 is 2.79 bits per heavy atom. The lowest BCUT2D eigenvalue weighted by molar-refractivity contribution is -0.119. The average Bonchev–Trinajstić information content (AvgIpc) is 3.08. The van der Waals surface area contributed by atoms with E-state index in [1.807, 2.05) is 0 Å². The van der Waals surface area contributed by atoms with E-state index in [1.54, 1.807) is 23.0 Å². The van der Waals surface area contributed by atoms with Gasteiger partial charge < -0.3 is 10.1 Å². The topological polar surface area (TPSA) is 73.2 Å². The van der Waals surface area contributed by atoms with E-state index < -0.39 is 0 Å². The number of amides is 1. The second-order valence-corrected chi connectivity index (χ2v) is 9.13. The molecule has 0 fully saturated rings. The van der Waals surface area contributed by atoms with Crippen LogP contribution in [0.25, 0.3) is 10.2 Å². The molecule has 2 aromatic rings. The minimum Gasteiger partial charge on any atom is -0.383 e. The predicted molar refractivity (Wildman–Crippen MR) is 116 cm³/mol. The van der Waals surface area contributed by atoms with E-state index in [1.165, 1.54) is 28.6 Å². The normalized spacial score (nSPS) is 13.9. The highest BCUT2D eigenvalue weighted by molar-refractivity contribution is 7.99. The monoisotopic (exact) mass is 423 g/mol. The number of ether oxygens (including phenoxy) is 1. The number of aromatic nitrogens is 2. The van der Waals surface area contributed by atoms with Gasteiger partial charge in [0.25, 0.3) is 5.56 Å². The zero-order valence-electron chi connectivity index (χ0n) is 16.9. The van der Waals surface area contributed by atoms with Gasteiger partial charge in [-0.15, -0.1) is 11.3 Å². The standard InChI is InChI=1S/C20H29N3O3S2/c1-4-13(5-2)21-16(24)12-27-20-22-18-17(19(25)23(20)10-11-26-3)14-8-6-7-9-15(14)28-18/h13H,4-12H2,1-3H3,(H,21,24). The molecule has 0 saturated carbocycles. The summed E-state index contributed by atoms with van der Waals surface area (Å²) in [6.07, 6.45) is 6.13. The molecule has 2 aromatic heterocycles. The van der Waals surface area contributed by atoms with Crippen LogP contribution in [0.4, 0.5) is 0 Å². The Kier molecular flexibility index (Phi) is 7.54. The van der Waals surface area contributed by atoms with Crippen LogP contribution in [0.15, 0.2) is 9.95 Å². The van der Waals surface area contributed by atoms with Crippen molar-refractivity contribution in [2.75, 3.05) is 19.5 Å². The SMILES string of the molecule is CCC(CC)NC(=O)CSc1nc2sc3c(c2c(=O)n1CCOC)CCCC3. The second kappa shape index (κ2) is 9.89. The quantitative estimate of drug-likeness (QED) is 0.494. The Balaban J connectivity index is 1.89. The minimum absolute atomic E-state index is 0.00403. The Morgan fingerprint density at radius 2 is 2.07 bits per heavy atom. The fraction of sp³-hybridized carbons (Fsp3) is 0.650. The fourth-order valence-corrected chi connectivity index (χ4v) is 5.74. The highest BCUT2D eigenvalue weighted by Gasteiger charge is 2.22. The summed E-state index contributed by atoms with van der Waals surface area (Å²) in [6, 6.07) is 0.197. The zero-order chi connectivity index (χ0) is 20.1. The van der Waals surface area contributed by atoms with Crippen molar-refractivity contribution in [1.29, 1.82) is 0 Å². The first kappa shape index (κ1) is 21.3. The molecule has 0 radical (unpaired) electrons. The first-order valence-corrected chi connectivity index (χ1v) is 11.8. The van der Waals surface area contributed by atoms with Gasteiger partial charge in [-0.25, -0.2) is 4.98 Å². The number of hydrogen-bond donors (Lipinski definition) is 1. The zero-order valence-corrected chi connectivity index (χ0v) is 18.5. The molecule has 1 aliphatic carbocycles. The molecule has 0 saturated heterocycles. The first-order valence-electron chi connectivity index (χ1n) is 10.0. The molecule has 0 aliphatic heterocycles. The third-order valence-corrected chi connectivity index (χ3v) is 7.40. The van der Waals surface area contributed by atoms with Crippen LogP contribution in [0.1, 0.15) is 50.0 Å². The summed E-state index contributed by atoms with van der Waals surface area (Å²) in [5.41, 5.74) is 1.20. The van der Waals surface area contributed by atoms with Crippen LogP contribution in [0.3, 0.4) is 0 Å². The Hall–Kier alpha value is -1.38. The molecule has 6 nitrogen and oxygen atoms in total. The summed E-state index contributed by atoms with van der Waals surface area (Å²) in [6.45, 7) is 5.02. The van der Waals surface area contributed by atoms with Crippen molar-refractivity contribution in [1.82, 2.24) is 14.9 Å². The van der Waals surface area contributed by atoms with E-state index in [0.29, 0.717) is 18.3 Å². The molecule has 28 heavy (non-hydrogen) atoms. The maximum atomic E-state index is 13.3. The van der Waals surface area contributed by atoms with E-state index >= 15 is 0 Å². The lowest BCUT2D eigenvalue weighted by Gasteiger charge is -2.15. The number of hydrogen-bond acceptors (Lipinski definition) is 6. The van der Waals surface area contributed by atoms with E-state index in [-0.39, 0.29) is 23.3 Å². The van der Waals surface area contributed by atoms with Crippen molar-refractivity contribution in [3.63, 3.8) is 0 Å². The molecule has 1 aliphatic rings. The van der Waals surface area contributed by atoms with Crippen molar-refractivity contribution in [3.8, 4) is 0 Å². The van der Waals surface area contributed by atoms with Crippen LogP contribution < -0.4 is 10.9 Å². The first-order chi connectivity index (χ1) is 13.6. The van der Waals surface area contributed by atoms with Gasteiger partial charge in [0.15, 0.2) is 5.16 Å². The summed E-state index contributed by atoms with van der Waals surface area (Å²) >= 11 is 2.98. The number of aryl methyl sites for hydroxylation is 2. The number of methoxy groups -OCH3 is 1. The number of nitrogens with zero attached hydrogens (tertiary/aromatic N) is 2. The summed E-state index contributed by atoms with van der Waals surface area (Å²) in [5.74, 6) is 0.240. The van der Waals surface area contributed by atoms with Gasteiger partial charge in [-0.3, -0.25) is 14.2 Å². The molecule has 1 N–H and O–H groups in total. The molecule has 154 valence electrons. The molecule has 0 aromatic carbocycles. The lowest BCUT2D eigenvalue weighted by atomic mass is 9.97. The molecule has 0 atom stereocenters. The van der Waals surface area contributed by atoms with Gasteiger partial charge in [0.05, 0.1) is 24.3 Å². The van der Waals surface area contributed by atoms with Crippen molar-refractivity contribution >= 4 is 39.2 Å². The number of nitrogens with one attached hydrogen (secondary N) is 1. The molecule has 2 heterocycles. The van der Waals surface area contributed by atoms with Crippen LogP contribution in [0.2, 0.25) is 0 Å². The molecule has 0 unspecified atom stereocenters. The van der Waals surface area contributed by atoms with Crippen LogP contribution in [-0.2, 0) is 28.9 Å². The van der Waals surface area contributed by atoms with Crippen molar-refractivity contribution in [2.24, 2.45) is 0 Å². The van der Waals surface area contributed by atoms with Crippen molar-refractivity contribution in [2.45, 2.75) is 70.1 Å². The van der Waals surface area contributed by atoms with Gasteiger partial charge >= 0.3 is 0 Å². The number of carbonyl (C=O) groups is 1. The molecule has 3 rings (SSSR count). The molecule has 0 spiro atoms. The minimum atomic E-state index is -0.0168. The van der Waals surface area contributed by atoms with Gasteiger partial charge in [0, 0.05) is 18.0 Å². The molecular weight excluding hydrogens is 394 g/mol. The molecule has 1 amide bonds. The van der Waals surface area contributed by atoms with Crippen LogP contribution >= 0.6 is 23.1 Å². The van der Waals surface area contributed by atoms with Crippen LogP contribution in [0, 0.1) is 0 Å². The van der Waals surface area contributed by atoms with Gasteiger partial charge in [-0.1, -0.05) is 25.6 Å². The fourth-order valence-electron chi connectivity index (χ4n) is 3.60. The van der Waals surface area contributed by atoms with Gasteiger partial charge in [0.2, 0.25) is 5.91 Å². The smallest absolute Gasteiger partial charge is 0.263 e. The lowest BCUT2D eigenvalue weighted by Crippen LogP contribution is -2.35. The van der Waals surface area contributed by atoms with E-state index in [9.17, 15) is 9.59 Å². The summed E-state index contributed by atoms with van der Waals surface area (Å²) < 4.78 is 6.88. The van der Waals surface area contributed by atoms with Crippen LogP contribution in [0.5, 0.6) is 0 Å². The number of fused-ring (bicyclic) bond motifs is 3. The number of thioether (sulfide) groups is 1. The van der Waals surface area contributed by atoms with Gasteiger partial charge in [-0.2, -0.15) is 0 Å². The maximum absolute atomic E-state index is 13.3. The van der Waals surface area contributed by atoms with E-state index in [4.69, 9.17) is 9.72 Å². The molecular formula is C20H29N3O3S2. The largest absolute Gasteiger partial charge is 0.383 e. The predicted octanol–water partition coefficient (Wildman–Crippen LogP) is 3.38. The van der Waals surface area contributed by atoms with Crippen LogP contribution in [-0.4, -0.2) is 41.0 Å². The van der Waals surface area contributed by atoms with Crippen molar-refractivity contribution in [3.05, 3.63) is 20.8 Å². The highest BCUT2D eigenvalue weighted by Crippen LogP contribution is 2.34. The molecule has 0 bridgehead atoms. The van der Waals surface area contributed by atoms with E-state index in [0.717, 1.165) is 42.3 Å². The summed E-state index contributed by atoms with van der Waals surface area (Å²) in [5, 5.41) is 4.43. The maximum Gasteiger partial charge on any atom is 0.263 e. The van der Waals surface area contributed by atoms with Gasteiger partial charge in [0.1, 0.15) is 4.83 Å². The highest BCUT2D eigenvalue weighted by atomic mass is 32.2. The Morgan fingerprint density at radius 1 is 1.32 bits per heavy atom. The second-order valence-electron chi connectivity index (χ2n) is 7.10. The summed E-state index contributed by atoms with van der Waals surface area (Å²) in [4.78, 5) is 32.5. The summed E-state index contributed by atoms with van der Waals surface area (Å²) in [7, 11) is 1.62. The third kappa shape index (κ3) is 4.60. The Labute approximate surface area is 174 Å².